The number of morpholine rings is 1. The van der Waals surface area contributed by atoms with Crippen molar-refractivity contribution in [2.24, 2.45) is 0 Å². The molecular formula is C12H15F2NO2. The summed E-state index contributed by atoms with van der Waals surface area (Å²) in [4.78, 5) is 1.84. The van der Waals surface area contributed by atoms with Crippen LogP contribution in [-0.2, 0) is 4.74 Å². The second-order valence-electron chi connectivity index (χ2n) is 3.98. The molecule has 1 unspecified atom stereocenters. The molecule has 1 aromatic rings. The fraction of sp³-hybridized carbons (Fsp3) is 0.500. The summed E-state index contributed by atoms with van der Waals surface area (Å²) in [6.45, 7) is 1.87. The minimum atomic E-state index is -0.639. The Hall–Kier alpha value is -1.04. The predicted octanol–water partition coefficient (Wildman–Crippen LogP) is 1.33. The molecule has 94 valence electrons. The minimum Gasteiger partial charge on any atom is -0.394 e. The molecule has 3 nitrogen and oxygen atoms in total. The summed E-state index contributed by atoms with van der Waals surface area (Å²) in [7, 11) is 0. The Morgan fingerprint density at radius 1 is 1.24 bits per heavy atom. The van der Waals surface area contributed by atoms with Crippen molar-refractivity contribution in [2.75, 3.05) is 32.9 Å². The normalized spacial score (nSPS) is 19.2. The molecule has 0 aliphatic carbocycles. The van der Waals surface area contributed by atoms with Gasteiger partial charge < -0.3 is 9.84 Å². The molecule has 1 aliphatic heterocycles. The highest BCUT2D eigenvalue weighted by Gasteiger charge is 2.26. The maximum absolute atomic E-state index is 13.6. The van der Waals surface area contributed by atoms with Crippen molar-refractivity contribution < 1.29 is 18.6 Å². The first-order valence-electron chi connectivity index (χ1n) is 5.60. The lowest BCUT2D eigenvalue weighted by Gasteiger charge is -2.33. The summed E-state index contributed by atoms with van der Waals surface area (Å²) in [5, 5.41) is 9.36. The number of ether oxygens (including phenoxy) is 1. The first kappa shape index (κ1) is 12.4. The van der Waals surface area contributed by atoms with E-state index in [1.165, 1.54) is 18.2 Å². The first-order chi connectivity index (χ1) is 8.24. The van der Waals surface area contributed by atoms with Gasteiger partial charge in [-0.1, -0.05) is 6.07 Å². The third kappa shape index (κ3) is 2.62. The molecule has 1 heterocycles. The van der Waals surface area contributed by atoms with E-state index in [0.29, 0.717) is 26.3 Å². The second-order valence-corrected chi connectivity index (χ2v) is 3.98. The largest absolute Gasteiger partial charge is 0.394 e. The molecular weight excluding hydrogens is 228 g/mol. The smallest absolute Gasteiger partial charge is 0.131 e. The van der Waals surface area contributed by atoms with Gasteiger partial charge in [-0.2, -0.15) is 0 Å². The first-order valence-corrected chi connectivity index (χ1v) is 5.60. The quantitative estimate of drug-likeness (QED) is 0.869. The lowest BCUT2D eigenvalue weighted by molar-refractivity contribution is 0.000804. The molecule has 1 fully saturated rings. The molecule has 1 atom stereocenters. The molecule has 5 heteroatoms. The van der Waals surface area contributed by atoms with Crippen LogP contribution >= 0.6 is 0 Å². The van der Waals surface area contributed by atoms with Crippen LogP contribution in [0.15, 0.2) is 18.2 Å². The Bertz CT molecular complexity index is 361. The van der Waals surface area contributed by atoms with Crippen LogP contribution in [0.2, 0.25) is 0 Å². The van der Waals surface area contributed by atoms with E-state index in [0.717, 1.165) is 0 Å². The SMILES string of the molecule is OCC(c1c(F)cccc1F)N1CCOCC1. The Morgan fingerprint density at radius 2 is 1.82 bits per heavy atom. The Labute approximate surface area is 98.6 Å². The van der Waals surface area contributed by atoms with E-state index in [1.807, 2.05) is 4.90 Å². The van der Waals surface area contributed by atoms with Gasteiger partial charge in [-0.3, -0.25) is 4.90 Å². The highest BCUT2D eigenvalue weighted by atomic mass is 19.1. The number of halogens is 2. The van der Waals surface area contributed by atoms with E-state index in [2.05, 4.69) is 0 Å². The van der Waals surface area contributed by atoms with E-state index in [-0.39, 0.29) is 12.2 Å². The molecule has 0 saturated carbocycles. The van der Waals surface area contributed by atoms with Crippen molar-refractivity contribution in [3.8, 4) is 0 Å². The topological polar surface area (TPSA) is 32.7 Å². The third-order valence-corrected chi connectivity index (χ3v) is 2.99. The Balaban J connectivity index is 2.27. The molecule has 1 aromatic carbocycles. The zero-order valence-electron chi connectivity index (χ0n) is 9.40. The average Bonchev–Trinajstić information content (AvgIpc) is 2.35. The maximum atomic E-state index is 13.6. The highest BCUT2D eigenvalue weighted by Crippen LogP contribution is 2.26. The Morgan fingerprint density at radius 3 is 2.35 bits per heavy atom. The molecule has 1 saturated heterocycles. The van der Waals surface area contributed by atoms with Crippen molar-refractivity contribution in [3.63, 3.8) is 0 Å². The summed E-state index contributed by atoms with van der Waals surface area (Å²) < 4.78 is 32.4. The monoisotopic (exact) mass is 243 g/mol. The minimum absolute atomic E-state index is 0.0584. The third-order valence-electron chi connectivity index (χ3n) is 2.99. The molecule has 0 spiro atoms. The van der Waals surface area contributed by atoms with E-state index in [1.54, 1.807) is 0 Å². The van der Waals surface area contributed by atoms with Gasteiger partial charge in [0.25, 0.3) is 0 Å². The van der Waals surface area contributed by atoms with Gasteiger partial charge in [0.1, 0.15) is 11.6 Å². The number of hydrogen-bond acceptors (Lipinski definition) is 3. The van der Waals surface area contributed by atoms with Gasteiger partial charge in [-0.05, 0) is 12.1 Å². The van der Waals surface area contributed by atoms with Gasteiger partial charge in [-0.15, -0.1) is 0 Å². The zero-order chi connectivity index (χ0) is 12.3. The van der Waals surface area contributed by atoms with Crippen LogP contribution in [0.3, 0.4) is 0 Å². The highest BCUT2D eigenvalue weighted by molar-refractivity contribution is 5.23. The molecule has 1 N–H and O–H groups in total. The van der Waals surface area contributed by atoms with Gasteiger partial charge in [0, 0.05) is 18.7 Å². The lowest BCUT2D eigenvalue weighted by Crippen LogP contribution is -2.41. The van der Waals surface area contributed by atoms with Gasteiger partial charge in [0.05, 0.1) is 25.9 Å². The van der Waals surface area contributed by atoms with Crippen LogP contribution in [0, 0.1) is 11.6 Å². The summed E-state index contributed by atoms with van der Waals surface area (Å²) in [5.74, 6) is -1.23. The van der Waals surface area contributed by atoms with Crippen molar-refractivity contribution in [1.29, 1.82) is 0 Å². The van der Waals surface area contributed by atoms with Crippen molar-refractivity contribution in [1.82, 2.24) is 4.90 Å². The van der Waals surface area contributed by atoms with Gasteiger partial charge in [0.15, 0.2) is 0 Å². The lowest BCUT2D eigenvalue weighted by atomic mass is 10.0. The van der Waals surface area contributed by atoms with E-state index in [4.69, 9.17) is 4.74 Å². The van der Waals surface area contributed by atoms with E-state index >= 15 is 0 Å². The number of rotatable bonds is 3. The van der Waals surface area contributed by atoms with Crippen molar-refractivity contribution in [2.45, 2.75) is 6.04 Å². The fourth-order valence-electron chi connectivity index (χ4n) is 2.11. The number of nitrogens with zero attached hydrogens (tertiary/aromatic N) is 1. The summed E-state index contributed by atoms with van der Waals surface area (Å²) in [6.07, 6.45) is 0. The molecule has 0 amide bonds. The van der Waals surface area contributed by atoms with Crippen LogP contribution in [0.4, 0.5) is 8.78 Å². The summed E-state index contributed by atoms with van der Waals surface area (Å²) in [6, 6.07) is 3.10. The van der Waals surface area contributed by atoms with Gasteiger partial charge in [-0.25, -0.2) is 8.78 Å². The zero-order valence-corrected chi connectivity index (χ0v) is 9.40. The van der Waals surface area contributed by atoms with E-state index < -0.39 is 17.7 Å². The standard InChI is InChI=1S/C12H15F2NO2/c13-9-2-1-3-10(14)12(9)11(8-16)15-4-6-17-7-5-15/h1-3,11,16H,4-8H2. The number of benzene rings is 1. The van der Waals surface area contributed by atoms with Crippen LogP contribution in [-0.4, -0.2) is 42.9 Å². The van der Waals surface area contributed by atoms with Crippen LogP contribution < -0.4 is 0 Å². The van der Waals surface area contributed by atoms with Gasteiger partial charge >= 0.3 is 0 Å². The molecule has 0 radical (unpaired) electrons. The number of aliphatic hydroxyl groups excluding tert-OH is 1. The number of aliphatic hydroxyl groups is 1. The fourth-order valence-corrected chi connectivity index (χ4v) is 2.11. The van der Waals surface area contributed by atoms with Gasteiger partial charge in [0.2, 0.25) is 0 Å². The van der Waals surface area contributed by atoms with Crippen LogP contribution in [0.1, 0.15) is 11.6 Å². The van der Waals surface area contributed by atoms with Crippen molar-refractivity contribution >= 4 is 0 Å². The molecule has 0 bridgehead atoms. The average molecular weight is 243 g/mol. The number of hydrogen-bond donors (Lipinski definition) is 1. The van der Waals surface area contributed by atoms with Crippen LogP contribution in [0.25, 0.3) is 0 Å². The summed E-state index contributed by atoms with van der Waals surface area (Å²) in [5.41, 5.74) is -0.0584. The maximum Gasteiger partial charge on any atom is 0.131 e. The van der Waals surface area contributed by atoms with Crippen molar-refractivity contribution in [3.05, 3.63) is 35.4 Å². The second kappa shape index (κ2) is 5.53. The molecule has 0 aromatic heterocycles. The predicted molar refractivity (Wildman–Crippen MR) is 58.6 cm³/mol. The van der Waals surface area contributed by atoms with E-state index in [9.17, 15) is 13.9 Å². The molecule has 1 aliphatic rings. The molecule has 2 rings (SSSR count). The molecule has 17 heavy (non-hydrogen) atoms. The van der Waals surface area contributed by atoms with Crippen LogP contribution in [0.5, 0.6) is 0 Å². The summed E-state index contributed by atoms with van der Waals surface area (Å²) >= 11 is 0. The Kier molecular flexibility index (Phi) is 4.04.